The third-order valence-corrected chi connectivity index (χ3v) is 6.27. The van der Waals surface area contributed by atoms with E-state index in [1.165, 1.54) is 41.9 Å². The highest BCUT2D eigenvalue weighted by Gasteiger charge is 2.31. The van der Waals surface area contributed by atoms with Crippen LogP contribution in [-0.4, -0.2) is 34.1 Å². The van der Waals surface area contributed by atoms with Crippen molar-refractivity contribution in [3.05, 3.63) is 71.7 Å². The molecular formula is C24H27N3O. The number of fused-ring (bicyclic) bond motifs is 1. The number of hydrogen-bond donors (Lipinski definition) is 0. The van der Waals surface area contributed by atoms with Crippen molar-refractivity contribution in [2.75, 3.05) is 13.7 Å². The van der Waals surface area contributed by atoms with E-state index < -0.39 is 0 Å². The van der Waals surface area contributed by atoms with Crippen LogP contribution in [0.3, 0.4) is 0 Å². The van der Waals surface area contributed by atoms with Gasteiger partial charge in [0.25, 0.3) is 0 Å². The Balaban J connectivity index is 1.50. The molecule has 144 valence electrons. The van der Waals surface area contributed by atoms with Gasteiger partial charge in [0.15, 0.2) is 0 Å². The molecule has 4 nitrogen and oxygen atoms in total. The lowest BCUT2D eigenvalue weighted by Crippen LogP contribution is -2.44. The zero-order chi connectivity index (χ0) is 18.9. The molecule has 1 aromatic heterocycles. The van der Waals surface area contributed by atoms with Gasteiger partial charge in [0.05, 0.1) is 18.5 Å². The van der Waals surface area contributed by atoms with Crippen LogP contribution in [0.15, 0.2) is 54.6 Å². The van der Waals surface area contributed by atoms with Crippen LogP contribution in [0.2, 0.25) is 0 Å². The van der Waals surface area contributed by atoms with Crippen molar-refractivity contribution in [3.63, 3.8) is 0 Å². The number of rotatable bonds is 5. The van der Waals surface area contributed by atoms with E-state index in [1.807, 2.05) is 12.1 Å². The molecule has 2 aromatic carbocycles. The third kappa shape index (κ3) is 3.22. The van der Waals surface area contributed by atoms with Crippen molar-refractivity contribution in [3.8, 4) is 17.0 Å². The van der Waals surface area contributed by atoms with E-state index in [0.29, 0.717) is 0 Å². The fourth-order valence-corrected chi connectivity index (χ4v) is 4.41. The maximum Gasteiger partial charge on any atom is 0.118 e. The van der Waals surface area contributed by atoms with Gasteiger partial charge >= 0.3 is 0 Å². The molecule has 0 unspecified atom stereocenters. The summed E-state index contributed by atoms with van der Waals surface area (Å²) in [4.78, 5) is 7.81. The molecule has 0 radical (unpaired) electrons. The Morgan fingerprint density at radius 3 is 2.46 bits per heavy atom. The minimum Gasteiger partial charge on any atom is -0.497 e. The highest BCUT2D eigenvalue weighted by Crippen LogP contribution is 2.33. The molecule has 1 aliphatic heterocycles. The van der Waals surface area contributed by atoms with Gasteiger partial charge in [-0.3, -0.25) is 4.90 Å². The monoisotopic (exact) mass is 373 g/mol. The number of hydrogen-bond acceptors (Lipinski definition) is 3. The smallest absolute Gasteiger partial charge is 0.118 e. The highest BCUT2D eigenvalue weighted by atomic mass is 16.5. The number of methoxy groups -OCH3 is 1. The van der Waals surface area contributed by atoms with Crippen LogP contribution in [0.4, 0.5) is 0 Å². The maximum atomic E-state index is 5.30. The second kappa shape index (κ2) is 7.44. The van der Waals surface area contributed by atoms with Gasteiger partial charge in [-0.25, -0.2) is 4.98 Å². The van der Waals surface area contributed by atoms with E-state index in [2.05, 4.69) is 51.9 Å². The summed E-state index contributed by atoms with van der Waals surface area (Å²) in [5.74, 6) is 2.07. The van der Waals surface area contributed by atoms with Crippen molar-refractivity contribution in [1.29, 1.82) is 0 Å². The molecule has 1 fully saturated rings. The Morgan fingerprint density at radius 2 is 1.79 bits per heavy atom. The lowest BCUT2D eigenvalue weighted by molar-refractivity contribution is 0.0975. The molecule has 2 heterocycles. The van der Waals surface area contributed by atoms with Crippen LogP contribution >= 0.6 is 0 Å². The van der Waals surface area contributed by atoms with E-state index in [1.54, 1.807) is 7.11 Å². The Kier molecular flexibility index (Phi) is 4.65. The summed E-state index contributed by atoms with van der Waals surface area (Å²) in [7, 11) is 1.71. The standard InChI is InChI=1S/C24H27N3O/c1-28-21-12-10-18(11-13-21)16-23-25-24(19-6-3-2-4-7-19)22-17-26(14-15-27(22)23)20-8-5-9-20/h2-4,6-7,10-13,20H,5,8-9,14-17H2,1H3. The first-order valence-electron chi connectivity index (χ1n) is 10.3. The first-order chi connectivity index (χ1) is 13.8. The fraction of sp³-hybridized carbons (Fsp3) is 0.375. The van der Waals surface area contributed by atoms with E-state index >= 15 is 0 Å². The molecule has 0 saturated heterocycles. The van der Waals surface area contributed by atoms with Gasteiger partial charge in [-0.05, 0) is 30.5 Å². The Hall–Kier alpha value is -2.59. The molecule has 0 amide bonds. The molecule has 2 aliphatic rings. The molecule has 1 saturated carbocycles. The van der Waals surface area contributed by atoms with Gasteiger partial charge in [-0.1, -0.05) is 48.9 Å². The number of aromatic nitrogens is 2. The van der Waals surface area contributed by atoms with E-state index in [-0.39, 0.29) is 0 Å². The second-order valence-corrected chi connectivity index (χ2v) is 7.92. The number of benzene rings is 2. The molecule has 1 aliphatic carbocycles. The first-order valence-corrected chi connectivity index (χ1v) is 10.3. The molecule has 3 aromatic rings. The fourth-order valence-electron chi connectivity index (χ4n) is 4.41. The number of imidazole rings is 1. The molecule has 28 heavy (non-hydrogen) atoms. The maximum absolute atomic E-state index is 5.30. The molecule has 4 heteroatoms. The van der Waals surface area contributed by atoms with E-state index in [0.717, 1.165) is 43.5 Å². The van der Waals surface area contributed by atoms with Gasteiger partial charge in [-0.2, -0.15) is 0 Å². The summed E-state index contributed by atoms with van der Waals surface area (Å²) in [6.45, 7) is 3.19. The Bertz CT molecular complexity index is 942. The van der Waals surface area contributed by atoms with Crippen molar-refractivity contribution < 1.29 is 4.74 Å². The zero-order valence-electron chi connectivity index (χ0n) is 16.5. The summed E-state index contributed by atoms with van der Waals surface area (Å²) in [6.07, 6.45) is 4.95. The van der Waals surface area contributed by atoms with Crippen LogP contribution in [0.1, 0.15) is 36.3 Å². The summed E-state index contributed by atoms with van der Waals surface area (Å²) in [5, 5.41) is 0. The minimum absolute atomic E-state index is 0.775. The van der Waals surface area contributed by atoms with Crippen LogP contribution in [0.5, 0.6) is 5.75 Å². The molecule has 0 atom stereocenters. The van der Waals surface area contributed by atoms with Crippen LogP contribution in [0, 0.1) is 0 Å². The SMILES string of the molecule is COc1ccc(Cc2nc(-c3ccccc3)c3n2CCN(C2CCC2)C3)cc1. The Morgan fingerprint density at radius 1 is 1.00 bits per heavy atom. The number of nitrogens with zero attached hydrogens (tertiary/aromatic N) is 3. The average molecular weight is 374 g/mol. The number of ether oxygens (including phenoxy) is 1. The first kappa shape index (κ1) is 17.5. The van der Waals surface area contributed by atoms with Gasteiger partial charge in [0.1, 0.15) is 11.6 Å². The van der Waals surface area contributed by atoms with Crippen molar-refractivity contribution in [1.82, 2.24) is 14.5 Å². The molecule has 0 bridgehead atoms. The second-order valence-electron chi connectivity index (χ2n) is 7.92. The van der Waals surface area contributed by atoms with Gasteiger partial charge < -0.3 is 9.30 Å². The topological polar surface area (TPSA) is 30.3 Å². The Labute approximate surface area is 166 Å². The van der Waals surface area contributed by atoms with Gasteiger partial charge in [0.2, 0.25) is 0 Å². The van der Waals surface area contributed by atoms with Crippen molar-refractivity contribution in [2.45, 2.75) is 44.8 Å². The van der Waals surface area contributed by atoms with Gasteiger partial charge in [0, 0.05) is 37.7 Å². The highest BCUT2D eigenvalue weighted by molar-refractivity contribution is 5.62. The van der Waals surface area contributed by atoms with E-state index in [4.69, 9.17) is 9.72 Å². The zero-order valence-corrected chi connectivity index (χ0v) is 16.5. The van der Waals surface area contributed by atoms with E-state index in [9.17, 15) is 0 Å². The molecule has 0 spiro atoms. The quantitative estimate of drug-likeness (QED) is 0.659. The summed E-state index contributed by atoms with van der Waals surface area (Å²) in [6, 6.07) is 19.8. The third-order valence-electron chi connectivity index (χ3n) is 6.27. The molecule has 5 rings (SSSR count). The summed E-state index contributed by atoms with van der Waals surface area (Å²) >= 11 is 0. The summed E-state index contributed by atoms with van der Waals surface area (Å²) in [5.41, 5.74) is 5.04. The van der Waals surface area contributed by atoms with Crippen molar-refractivity contribution >= 4 is 0 Å². The minimum atomic E-state index is 0.775. The van der Waals surface area contributed by atoms with Gasteiger partial charge in [-0.15, -0.1) is 0 Å². The predicted molar refractivity (Wildman–Crippen MR) is 112 cm³/mol. The lowest BCUT2D eigenvalue weighted by Gasteiger charge is -2.40. The van der Waals surface area contributed by atoms with Crippen LogP contribution in [-0.2, 0) is 19.5 Å². The van der Waals surface area contributed by atoms with Crippen LogP contribution in [0.25, 0.3) is 11.3 Å². The summed E-state index contributed by atoms with van der Waals surface area (Å²) < 4.78 is 7.77. The van der Waals surface area contributed by atoms with Crippen molar-refractivity contribution in [2.24, 2.45) is 0 Å². The largest absolute Gasteiger partial charge is 0.497 e. The molecular weight excluding hydrogens is 346 g/mol. The normalized spacial score (nSPS) is 17.2. The lowest BCUT2D eigenvalue weighted by atomic mass is 9.91. The molecule has 0 N–H and O–H groups in total. The predicted octanol–water partition coefficient (Wildman–Crippen LogP) is 4.52. The average Bonchev–Trinajstić information content (AvgIpc) is 3.06. The van der Waals surface area contributed by atoms with Crippen LogP contribution < -0.4 is 4.74 Å².